The lowest BCUT2D eigenvalue weighted by Gasteiger charge is -2.19. The molecule has 0 aliphatic carbocycles. The summed E-state index contributed by atoms with van der Waals surface area (Å²) in [4.78, 5) is 23.1. The predicted molar refractivity (Wildman–Crippen MR) is 76.7 cm³/mol. The molecule has 0 aromatic carbocycles. The van der Waals surface area contributed by atoms with Crippen LogP contribution in [0, 0.1) is 0 Å². The summed E-state index contributed by atoms with van der Waals surface area (Å²) in [6.45, 7) is 5.84. The van der Waals surface area contributed by atoms with Gasteiger partial charge in [0.15, 0.2) is 0 Å². The second-order valence-electron chi connectivity index (χ2n) is 5.41. The van der Waals surface area contributed by atoms with Gasteiger partial charge in [-0.05, 0) is 20.8 Å². The molecule has 0 saturated carbocycles. The van der Waals surface area contributed by atoms with Gasteiger partial charge in [0.25, 0.3) is 0 Å². The number of aromatic nitrogens is 2. The number of hydrogen-bond acceptors (Lipinski definition) is 5. The highest BCUT2D eigenvalue weighted by atomic mass is 16.6. The van der Waals surface area contributed by atoms with E-state index in [-0.39, 0.29) is 18.9 Å². The van der Waals surface area contributed by atoms with Gasteiger partial charge in [-0.15, -0.1) is 0 Å². The monoisotopic (exact) mass is 298 g/mol. The van der Waals surface area contributed by atoms with Crippen molar-refractivity contribution in [1.29, 1.82) is 0 Å². The summed E-state index contributed by atoms with van der Waals surface area (Å²) in [5.41, 5.74) is 0.0248. The number of ether oxygens (including phenoxy) is 2. The Morgan fingerprint density at radius 1 is 1.38 bits per heavy atom. The minimum absolute atomic E-state index is 0.148. The largest absolute Gasteiger partial charge is 0.444 e. The standard InChI is InChI=1S/C13H22N4O4/c1-13(2,3)21-12(19)14-6-5-11(18)16-10-7-15-17(8-10)9-20-4/h7-8H,5-6,9H2,1-4H3,(H,14,19)(H,16,18). The van der Waals surface area contributed by atoms with Crippen molar-refractivity contribution >= 4 is 17.7 Å². The number of alkyl carbamates (subject to hydrolysis) is 1. The molecule has 118 valence electrons. The summed E-state index contributed by atoms with van der Waals surface area (Å²) in [6, 6.07) is 0. The van der Waals surface area contributed by atoms with Crippen LogP contribution in [0.2, 0.25) is 0 Å². The van der Waals surface area contributed by atoms with Gasteiger partial charge in [-0.1, -0.05) is 0 Å². The fraction of sp³-hybridized carbons (Fsp3) is 0.615. The van der Waals surface area contributed by atoms with Gasteiger partial charge in [0.2, 0.25) is 5.91 Å². The van der Waals surface area contributed by atoms with Gasteiger partial charge in [-0.25, -0.2) is 9.48 Å². The van der Waals surface area contributed by atoms with Crippen LogP contribution in [0.15, 0.2) is 12.4 Å². The Kier molecular flexibility index (Phi) is 6.16. The predicted octanol–water partition coefficient (Wildman–Crippen LogP) is 1.34. The van der Waals surface area contributed by atoms with Crippen molar-refractivity contribution in [3.63, 3.8) is 0 Å². The fourth-order valence-electron chi connectivity index (χ4n) is 1.45. The highest BCUT2D eigenvalue weighted by Crippen LogP contribution is 2.07. The number of anilines is 1. The Labute approximate surface area is 123 Å². The van der Waals surface area contributed by atoms with Gasteiger partial charge in [-0.2, -0.15) is 5.10 Å². The minimum atomic E-state index is -0.553. The Balaban J connectivity index is 2.26. The molecule has 0 bridgehead atoms. The third kappa shape index (κ3) is 7.31. The van der Waals surface area contributed by atoms with Crippen LogP contribution >= 0.6 is 0 Å². The van der Waals surface area contributed by atoms with E-state index in [4.69, 9.17) is 9.47 Å². The van der Waals surface area contributed by atoms with Crippen LogP contribution in [0.25, 0.3) is 0 Å². The molecule has 8 nitrogen and oxygen atoms in total. The number of amides is 2. The lowest BCUT2D eigenvalue weighted by molar-refractivity contribution is -0.116. The molecular formula is C13H22N4O4. The molecule has 0 unspecified atom stereocenters. The molecule has 0 aliphatic rings. The van der Waals surface area contributed by atoms with Gasteiger partial charge in [0, 0.05) is 20.1 Å². The zero-order valence-electron chi connectivity index (χ0n) is 12.8. The maximum Gasteiger partial charge on any atom is 0.407 e. The molecule has 0 spiro atoms. The smallest absolute Gasteiger partial charge is 0.407 e. The maximum atomic E-state index is 11.7. The van der Waals surface area contributed by atoms with Crippen molar-refractivity contribution < 1.29 is 19.1 Å². The van der Waals surface area contributed by atoms with E-state index in [9.17, 15) is 9.59 Å². The average molecular weight is 298 g/mol. The van der Waals surface area contributed by atoms with Crippen molar-refractivity contribution in [2.24, 2.45) is 0 Å². The third-order valence-corrected chi connectivity index (χ3v) is 2.20. The summed E-state index contributed by atoms with van der Waals surface area (Å²) < 4.78 is 11.5. The molecule has 1 heterocycles. The van der Waals surface area contributed by atoms with E-state index < -0.39 is 11.7 Å². The van der Waals surface area contributed by atoms with Gasteiger partial charge < -0.3 is 20.1 Å². The van der Waals surface area contributed by atoms with Crippen molar-refractivity contribution in [2.75, 3.05) is 19.0 Å². The molecule has 1 rings (SSSR count). The first-order valence-corrected chi connectivity index (χ1v) is 6.58. The van der Waals surface area contributed by atoms with E-state index >= 15 is 0 Å². The Hall–Kier alpha value is -2.09. The van der Waals surface area contributed by atoms with Crippen LogP contribution in [-0.4, -0.2) is 41.0 Å². The number of methoxy groups -OCH3 is 1. The molecule has 0 atom stereocenters. The number of nitrogens with zero attached hydrogens (tertiary/aromatic N) is 2. The second kappa shape index (κ2) is 7.63. The summed E-state index contributed by atoms with van der Waals surface area (Å²) in [7, 11) is 1.56. The Morgan fingerprint density at radius 2 is 2.10 bits per heavy atom. The van der Waals surface area contributed by atoms with Crippen molar-refractivity contribution in [1.82, 2.24) is 15.1 Å². The second-order valence-corrected chi connectivity index (χ2v) is 5.41. The van der Waals surface area contributed by atoms with Crippen molar-refractivity contribution in [3.8, 4) is 0 Å². The van der Waals surface area contributed by atoms with Crippen LogP contribution in [0.1, 0.15) is 27.2 Å². The van der Waals surface area contributed by atoms with Crippen LogP contribution in [0.4, 0.5) is 10.5 Å². The van der Waals surface area contributed by atoms with E-state index in [1.165, 1.54) is 6.20 Å². The van der Waals surface area contributed by atoms with E-state index in [1.807, 2.05) is 0 Å². The highest BCUT2D eigenvalue weighted by Gasteiger charge is 2.15. The molecule has 1 aromatic heterocycles. The van der Waals surface area contributed by atoms with Gasteiger partial charge in [-0.3, -0.25) is 4.79 Å². The minimum Gasteiger partial charge on any atom is -0.444 e. The van der Waals surface area contributed by atoms with E-state index in [2.05, 4.69) is 15.7 Å². The van der Waals surface area contributed by atoms with Crippen LogP contribution in [0.3, 0.4) is 0 Å². The summed E-state index contributed by atoms with van der Waals surface area (Å²) in [6.07, 6.45) is 2.79. The van der Waals surface area contributed by atoms with Crippen LogP contribution in [0.5, 0.6) is 0 Å². The summed E-state index contributed by atoms with van der Waals surface area (Å²) in [5.74, 6) is -0.219. The molecule has 0 radical (unpaired) electrons. The van der Waals surface area contributed by atoms with Crippen molar-refractivity contribution in [2.45, 2.75) is 39.5 Å². The SMILES string of the molecule is COCn1cc(NC(=O)CCNC(=O)OC(C)(C)C)cn1. The topological polar surface area (TPSA) is 94.5 Å². The van der Waals surface area contributed by atoms with Gasteiger partial charge >= 0.3 is 6.09 Å². The molecule has 1 aromatic rings. The van der Waals surface area contributed by atoms with Gasteiger partial charge in [0.05, 0.1) is 18.1 Å². The zero-order chi connectivity index (χ0) is 15.9. The van der Waals surface area contributed by atoms with Crippen LogP contribution < -0.4 is 10.6 Å². The Morgan fingerprint density at radius 3 is 2.71 bits per heavy atom. The van der Waals surface area contributed by atoms with Crippen LogP contribution in [-0.2, 0) is 21.0 Å². The summed E-state index contributed by atoms with van der Waals surface area (Å²) in [5, 5.41) is 9.19. The number of rotatable bonds is 6. The average Bonchev–Trinajstić information content (AvgIpc) is 2.74. The van der Waals surface area contributed by atoms with E-state index in [0.29, 0.717) is 12.4 Å². The van der Waals surface area contributed by atoms with Crippen molar-refractivity contribution in [3.05, 3.63) is 12.4 Å². The molecule has 2 amide bonds. The molecule has 2 N–H and O–H groups in total. The first-order chi connectivity index (χ1) is 9.80. The maximum absolute atomic E-state index is 11.7. The molecule has 0 aliphatic heterocycles. The molecule has 21 heavy (non-hydrogen) atoms. The number of carbonyl (C=O) groups excluding carboxylic acids is 2. The lowest BCUT2D eigenvalue weighted by atomic mass is 10.2. The highest BCUT2D eigenvalue weighted by molar-refractivity contribution is 5.90. The van der Waals surface area contributed by atoms with E-state index in [1.54, 1.807) is 38.8 Å². The number of carbonyl (C=O) groups is 2. The Bertz CT molecular complexity index is 479. The first kappa shape index (κ1) is 17.0. The summed E-state index contributed by atoms with van der Waals surface area (Å²) >= 11 is 0. The molecule has 0 fully saturated rings. The van der Waals surface area contributed by atoms with E-state index in [0.717, 1.165) is 0 Å². The normalized spacial score (nSPS) is 11.0. The fourth-order valence-corrected chi connectivity index (χ4v) is 1.45. The lowest BCUT2D eigenvalue weighted by Crippen LogP contribution is -2.34. The number of nitrogens with one attached hydrogen (secondary N) is 2. The molecule has 8 heteroatoms. The zero-order valence-corrected chi connectivity index (χ0v) is 12.8. The quantitative estimate of drug-likeness (QED) is 0.826. The van der Waals surface area contributed by atoms with Gasteiger partial charge in [0.1, 0.15) is 12.3 Å². The molecular weight excluding hydrogens is 276 g/mol. The third-order valence-electron chi connectivity index (χ3n) is 2.20. The number of hydrogen-bond donors (Lipinski definition) is 2. The molecule has 0 saturated heterocycles. The first-order valence-electron chi connectivity index (χ1n) is 6.58.